The normalized spacial score (nSPS) is 14.6. The Labute approximate surface area is 188 Å². The van der Waals surface area contributed by atoms with Crippen LogP contribution in [0.25, 0.3) is 0 Å². The smallest absolute Gasteiger partial charge is 0.335 e. The van der Waals surface area contributed by atoms with E-state index < -0.39 is 16.0 Å². The summed E-state index contributed by atoms with van der Waals surface area (Å²) in [5, 5.41) is 12.4. The van der Waals surface area contributed by atoms with Crippen LogP contribution in [0.4, 0.5) is 5.69 Å². The number of nitrogens with one attached hydrogen (secondary N) is 1. The summed E-state index contributed by atoms with van der Waals surface area (Å²) in [5.74, 6) is -1.41. The first-order valence-corrected chi connectivity index (χ1v) is 11.1. The number of anilines is 1. The van der Waals surface area contributed by atoms with E-state index >= 15 is 0 Å². The van der Waals surface area contributed by atoms with Gasteiger partial charge in [0.1, 0.15) is 0 Å². The van der Waals surface area contributed by atoms with Crippen LogP contribution in [0.2, 0.25) is 5.02 Å². The minimum absolute atomic E-state index is 0.0315. The third-order valence-corrected chi connectivity index (χ3v) is 6.27. The van der Waals surface area contributed by atoms with Crippen molar-refractivity contribution in [2.24, 2.45) is 4.40 Å². The van der Waals surface area contributed by atoms with Crippen LogP contribution in [0.5, 0.6) is 0 Å². The van der Waals surface area contributed by atoms with Crippen LogP contribution in [-0.2, 0) is 10.0 Å². The average molecular weight is 467 g/mol. The molecule has 0 spiro atoms. The summed E-state index contributed by atoms with van der Waals surface area (Å²) in [7, 11) is -4.07. The molecule has 0 bridgehead atoms. The fraction of sp³-hybridized carbons (Fsp3) is 0. The zero-order chi connectivity index (χ0) is 22.9. The van der Waals surface area contributed by atoms with Crippen molar-refractivity contribution in [1.82, 2.24) is 0 Å². The fourth-order valence-electron chi connectivity index (χ4n) is 3.14. The summed E-state index contributed by atoms with van der Waals surface area (Å²) in [6.07, 6.45) is 1.36. The molecule has 32 heavy (non-hydrogen) atoms. The van der Waals surface area contributed by atoms with E-state index in [1.807, 2.05) is 0 Å². The van der Waals surface area contributed by atoms with Crippen molar-refractivity contribution in [2.45, 2.75) is 4.90 Å². The van der Waals surface area contributed by atoms with E-state index in [2.05, 4.69) is 9.71 Å². The van der Waals surface area contributed by atoms with Gasteiger partial charge >= 0.3 is 5.97 Å². The summed E-state index contributed by atoms with van der Waals surface area (Å²) < 4.78 is 29.7. The lowest BCUT2D eigenvalue weighted by atomic mass is 9.92. The van der Waals surface area contributed by atoms with Crippen LogP contribution in [-0.4, -0.2) is 31.0 Å². The first-order valence-electron chi connectivity index (χ1n) is 9.31. The Morgan fingerprint density at radius 2 is 1.53 bits per heavy atom. The van der Waals surface area contributed by atoms with Crippen LogP contribution < -0.4 is 5.32 Å². The molecule has 0 aromatic heterocycles. The number of Topliss-reactive ketones (excluding diaryl/α,β-unsaturated/α-hetero) is 1. The zero-order valence-corrected chi connectivity index (χ0v) is 17.9. The number of hydrogen-bond donors (Lipinski definition) is 2. The second kappa shape index (κ2) is 8.41. The molecule has 0 radical (unpaired) electrons. The molecule has 160 valence electrons. The van der Waals surface area contributed by atoms with Gasteiger partial charge in [-0.25, -0.2) is 4.79 Å². The van der Waals surface area contributed by atoms with E-state index in [0.717, 1.165) is 0 Å². The van der Waals surface area contributed by atoms with Crippen LogP contribution in [0.15, 0.2) is 93.9 Å². The van der Waals surface area contributed by atoms with E-state index in [0.29, 0.717) is 21.8 Å². The Hall–Kier alpha value is -3.75. The molecule has 0 amide bonds. The summed E-state index contributed by atoms with van der Waals surface area (Å²) in [4.78, 5) is 24.0. The molecule has 9 heteroatoms. The second-order valence-electron chi connectivity index (χ2n) is 6.85. The molecule has 0 aliphatic heterocycles. The van der Waals surface area contributed by atoms with Gasteiger partial charge in [-0.15, -0.1) is 0 Å². The van der Waals surface area contributed by atoms with E-state index in [9.17, 15) is 18.0 Å². The van der Waals surface area contributed by atoms with Crippen LogP contribution in [0.1, 0.15) is 26.3 Å². The number of carboxylic acid groups (broad SMARTS) is 1. The summed E-state index contributed by atoms with van der Waals surface area (Å²) in [6.45, 7) is 0. The monoisotopic (exact) mass is 466 g/mol. The average Bonchev–Trinajstić information content (AvgIpc) is 2.77. The highest BCUT2D eigenvalue weighted by molar-refractivity contribution is 7.90. The third-order valence-electron chi connectivity index (χ3n) is 4.71. The first kappa shape index (κ1) is 21.5. The van der Waals surface area contributed by atoms with Gasteiger partial charge in [-0.2, -0.15) is 12.8 Å². The molecule has 2 N–H and O–H groups in total. The number of allylic oxidation sites excluding steroid dienone is 2. The van der Waals surface area contributed by atoms with Gasteiger partial charge < -0.3 is 10.4 Å². The molecule has 4 rings (SSSR count). The van der Waals surface area contributed by atoms with Crippen molar-refractivity contribution in [2.75, 3.05) is 5.32 Å². The topological polar surface area (TPSA) is 113 Å². The van der Waals surface area contributed by atoms with Crippen molar-refractivity contribution >= 4 is 44.8 Å². The molecular formula is C23H15ClN2O5S. The molecule has 7 nitrogen and oxygen atoms in total. The lowest BCUT2D eigenvalue weighted by Crippen LogP contribution is -2.22. The van der Waals surface area contributed by atoms with Gasteiger partial charge in [0, 0.05) is 21.8 Å². The van der Waals surface area contributed by atoms with E-state index in [1.54, 1.807) is 24.3 Å². The lowest BCUT2D eigenvalue weighted by Gasteiger charge is -2.19. The largest absolute Gasteiger partial charge is 0.478 e. The molecular weight excluding hydrogens is 452 g/mol. The van der Waals surface area contributed by atoms with Crippen molar-refractivity contribution in [3.63, 3.8) is 0 Å². The molecule has 0 saturated carbocycles. The quantitative estimate of drug-likeness (QED) is 0.576. The number of nitrogens with zero attached hydrogens (tertiary/aromatic N) is 1. The van der Waals surface area contributed by atoms with Crippen molar-refractivity contribution in [3.05, 3.63) is 106 Å². The van der Waals surface area contributed by atoms with Gasteiger partial charge in [0.05, 0.1) is 21.9 Å². The minimum atomic E-state index is -4.07. The van der Waals surface area contributed by atoms with E-state index in [1.165, 1.54) is 54.6 Å². The Bertz CT molecular complexity index is 1390. The highest BCUT2D eigenvalue weighted by atomic mass is 35.5. The Balaban J connectivity index is 1.76. The number of halogens is 1. The maximum absolute atomic E-state index is 13.0. The second-order valence-corrected chi connectivity index (χ2v) is 8.89. The van der Waals surface area contributed by atoms with Crippen LogP contribution in [0.3, 0.4) is 0 Å². The van der Waals surface area contributed by atoms with Gasteiger partial charge in [-0.3, -0.25) is 4.79 Å². The molecule has 1 aliphatic carbocycles. The molecule has 3 aromatic rings. The van der Waals surface area contributed by atoms with Crippen LogP contribution >= 0.6 is 11.6 Å². The molecule has 3 aromatic carbocycles. The molecule has 0 heterocycles. The number of carbonyl (C=O) groups is 2. The standard InChI is InChI=1S/C23H15ClN2O5S/c24-15-7-11-17(12-8-15)32(30,31)26-20-13-21(22(27)19-4-2-1-3-18(19)20)25-16-9-5-14(6-10-16)23(28)29/h1-13,25H,(H,28,29)/b26-20+. The summed E-state index contributed by atoms with van der Waals surface area (Å²) >= 11 is 5.84. The summed E-state index contributed by atoms with van der Waals surface area (Å²) in [5.41, 5.74) is 1.46. The lowest BCUT2D eigenvalue weighted by molar-refractivity contribution is 0.0696. The Morgan fingerprint density at radius 1 is 0.906 bits per heavy atom. The van der Waals surface area contributed by atoms with Gasteiger partial charge in [-0.1, -0.05) is 35.9 Å². The number of sulfonamides is 1. The molecule has 0 fully saturated rings. The fourth-order valence-corrected chi connectivity index (χ4v) is 4.26. The predicted octanol–water partition coefficient (Wildman–Crippen LogP) is 4.41. The van der Waals surface area contributed by atoms with Crippen molar-refractivity contribution in [3.8, 4) is 0 Å². The maximum atomic E-state index is 13.0. The van der Waals surface area contributed by atoms with Gasteiger partial charge in [0.15, 0.2) is 0 Å². The molecule has 0 saturated heterocycles. The number of aromatic carboxylic acids is 1. The van der Waals surface area contributed by atoms with E-state index in [4.69, 9.17) is 16.7 Å². The number of ketones is 1. The number of carboxylic acids is 1. The van der Waals surface area contributed by atoms with Gasteiger partial charge in [0.25, 0.3) is 10.0 Å². The number of fused-ring (bicyclic) bond motifs is 1. The first-order chi connectivity index (χ1) is 15.2. The van der Waals surface area contributed by atoms with Crippen molar-refractivity contribution in [1.29, 1.82) is 0 Å². The van der Waals surface area contributed by atoms with Gasteiger partial charge in [-0.05, 0) is 54.6 Å². The Morgan fingerprint density at radius 3 is 2.16 bits per heavy atom. The van der Waals surface area contributed by atoms with E-state index in [-0.39, 0.29) is 27.7 Å². The number of rotatable bonds is 5. The molecule has 0 unspecified atom stereocenters. The zero-order valence-electron chi connectivity index (χ0n) is 16.3. The van der Waals surface area contributed by atoms with Gasteiger partial charge in [0.2, 0.25) is 5.78 Å². The summed E-state index contributed by atoms with van der Waals surface area (Å²) in [6, 6.07) is 18.0. The molecule has 1 aliphatic rings. The highest BCUT2D eigenvalue weighted by Crippen LogP contribution is 2.25. The van der Waals surface area contributed by atoms with Crippen LogP contribution in [0, 0.1) is 0 Å². The maximum Gasteiger partial charge on any atom is 0.335 e. The van der Waals surface area contributed by atoms with Crippen molar-refractivity contribution < 1.29 is 23.1 Å². The number of hydrogen-bond acceptors (Lipinski definition) is 5. The number of carbonyl (C=O) groups excluding carboxylic acids is 1. The molecule has 0 atom stereocenters. The minimum Gasteiger partial charge on any atom is -0.478 e. The number of benzene rings is 3. The third kappa shape index (κ3) is 4.32. The Kier molecular flexibility index (Phi) is 5.65. The highest BCUT2D eigenvalue weighted by Gasteiger charge is 2.26. The predicted molar refractivity (Wildman–Crippen MR) is 121 cm³/mol. The SMILES string of the molecule is O=C(O)c1ccc(NC2=C/C(=N\S(=O)(=O)c3ccc(Cl)cc3)c3ccccc3C2=O)cc1.